The molecule has 3 unspecified atom stereocenters. The minimum absolute atomic E-state index is 0.256. The number of carboxylic acid groups (broad SMARTS) is 1. The van der Waals surface area contributed by atoms with Gasteiger partial charge in [0.1, 0.15) is 0 Å². The zero-order valence-corrected chi connectivity index (χ0v) is 9.61. The van der Waals surface area contributed by atoms with E-state index in [0.717, 1.165) is 32.1 Å². The van der Waals surface area contributed by atoms with Gasteiger partial charge in [-0.3, -0.25) is 4.79 Å². The van der Waals surface area contributed by atoms with Gasteiger partial charge in [0.2, 0.25) is 0 Å². The van der Waals surface area contributed by atoms with Crippen LogP contribution in [0.5, 0.6) is 0 Å². The molecule has 0 amide bonds. The first-order valence-electron chi connectivity index (χ1n) is 6.54. The number of carbonyl (C=O) groups is 1. The highest BCUT2D eigenvalue weighted by atomic mass is 16.4. The van der Waals surface area contributed by atoms with E-state index in [1.54, 1.807) is 0 Å². The normalized spacial score (nSPS) is 45.1. The molecule has 3 rings (SSSR count). The second kappa shape index (κ2) is 3.22. The minimum atomic E-state index is -0.891. The molecule has 0 radical (unpaired) electrons. The Morgan fingerprint density at radius 3 is 2.31 bits per heavy atom. The fourth-order valence-electron chi connectivity index (χ4n) is 4.70. The largest absolute Gasteiger partial charge is 0.481 e. The Balaban J connectivity index is 1.98. The molecule has 0 spiro atoms. The maximum absolute atomic E-state index is 11.6. The summed E-state index contributed by atoms with van der Waals surface area (Å²) >= 11 is 0. The van der Waals surface area contributed by atoms with E-state index in [1.165, 1.54) is 6.42 Å². The van der Waals surface area contributed by atoms with Crippen LogP contribution in [0.2, 0.25) is 0 Å². The van der Waals surface area contributed by atoms with Crippen molar-refractivity contribution in [2.24, 2.45) is 17.3 Å². The molecule has 3 saturated carbocycles. The molecule has 0 saturated heterocycles. The standard InChI is InChI=1S/C13H20O3/c14-11(15)12(5-1-2-6-12)13(16)8-9-3-4-10(13)7-9/h9-10,16H,1-8H2,(H,14,15). The van der Waals surface area contributed by atoms with Gasteiger partial charge in [0.15, 0.2) is 0 Å². The number of aliphatic hydroxyl groups is 1. The van der Waals surface area contributed by atoms with Crippen molar-refractivity contribution in [3.05, 3.63) is 0 Å². The molecule has 0 aromatic carbocycles. The molecule has 0 heterocycles. The van der Waals surface area contributed by atoms with Crippen molar-refractivity contribution in [1.29, 1.82) is 0 Å². The van der Waals surface area contributed by atoms with E-state index in [2.05, 4.69) is 0 Å². The summed E-state index contributed by atoms with van der Waals surface area (Å²) in [5, 5.41) is 20.5. The fourth-order valence-corrected chi connectivity index (χ4v) is 4.70. The number of carboxylic acids is 1. The van der Waals surface area contributed by atoms with Gasteiger partial charge in [0, 0.05) is 0 Å². The predicted molar refractivity (Wildman–Crippen MR) is 58.9 cm³/mol. The zero-order valence-electron chi connectivity index (χ0n) is 9.61. The van der Waals surface area contributed by atoms with Crippen LogP contribution in [0.1, 0.15) is 51.4 Å². The monoisotopic (exact) mass is 224 g/mol. The molecule has 3 nitrogen and oxygen atoms in total. The fraction of sp³-hybridized carbons (Fsp3) is 0.923. The summed E-state index contributed by atoms with van der Waals surface area (Å²) in [4.78, 5) is 11.6. The average molecular weight is 224 g/mol. The predicted octanol–water partition coefficient (Wildman–Crippen LogP) is 2.18. The molecule has 3 aliphatic carbocycles. The van der Waals surface area contributed by atoms with Crippen molar-refractivity contribution in [3.8, 4) is 0 Å². The lowest BCUT2D eigenvalue weighted by Crippen LogP contribution is -2.55. The SMILES string of the molecule is O=C(O)C1(C2(O)CC3CCC2C3)CCCC1. The first kappa shape index (κ1) is 10.6. The van der Waals surface area contributed by atoms with Crippen molar-refractivity contribution < 1.29 is 15.0 Å². The van der Waals surface area contributed by atoms with Crippen LogP contribution in [0.4, 0.5) is 0 Å². The van der Waals surface area contributed by atoms with Crippen LogP contribution in [-0.4, -0.2) is 21.8 Å². The van der Waals surface area contributed by atoms with Gasteiger partial charge in [0.05, 0.1) is 11.0 Å². The van der Waals surface area contributed by atoms with Crippen LogP contribution in [-0.2, 0) is 4.79 Å². The highest BCUT2D eigenvalue weighted by Crippen LogP contribution is 2.61. The Labute approximate surface area is 95.9 Å². The number of hydrogen-bond acceptors (Lipinski definition) is 2. The van der Waals surface area contributed by atoms with Crippen LogP contribution in [0.25, 0.3) is 0 Å². The number of hydrogen-bond donors (Lipinski definition) is 2. The summed E-state index contributed by atoms with van der Waals surface area (Å²) in [6.45, 7) is 0. The van der Waals surface area contributed by atoms with Crippen LogP contribution in [0, 0.1) is 17.3 Å². The van der Waals surface area contributed by atoms with Gasteiger partial charge in [-0.2, -0.15) is 0 Å². The Kier molecular flexibility index (Phi) is 2.13. The molecule has 0 aromatic rings. The van der Waals surface area contributed by atoms with Gasteiger partial charge in [-0.1, -0.05) is 12.8 Å². The minimum Gasteiger partial charge on any atom is -0.481 e. The van der Waals surface area contributed by atoms with Gasteiger partial charge < -0.3 is 10.2 Å². The molecule has 0 aromatic heterocycles. The Bertz CT molecular complexity index is 319. The van der Waals surface area contributed by atoms with E-state index in [0.29, 0.717) is 18.8 Å². The van der Waals surface area contributed by atoms with Crippen molar-refractivity contribution >= 4 is 5.97 Å². The second-order valence-electron chi connectivity index (χ2n) is 6.10. The molecule has 3 atom stereocenters. The van der Waals surface area contributed by atoms with Gasteiger partial charge in [-0.15, -0.1) is 0 Å². The van der Waals surface area contributed by atoms with E-state index in [-0.39, 0.29) is 5.92 Å². The molecule has 3 heteroatoms. The highest BCUT2D eigenvalue weighted by Gasteiger charge is 2.65. The maximum Gasteiger partial charge on any atom is 0.312 e. The smallest absolute Gasteiger partial charge is 0.312 e. The lowest BCUT2D eigenvalue weighted by molar-refractivity contribution is -0.178. The average Bonchev–Trinajstić information content (AvgIpc) is 2.92. The van der Waals surface area contributed by atoms with Crippen molar-refractivity contribution in [2.75, 3.05) is 0 Å². The zero-order chi connectivity index (χ0) is 11.4. The Hall–Kier alpha value is -0.570. The Morgan fingerprint density at radius 1 is 1.19 bits per heavy atom. The Morgan fingerprint density at radius 2 is 1.88 bits per heavy atom. The van der Waals surface area contributed by atoms with Crippen LogP contribution >= 0.6 is 0 Å². The van der Waals surface area contributed by atoms with Gasteiger partial charge in [0.25, 0.3) is 0 Å². The summed E-state index contributed by atoms with van der Waals surface area (Å²) in [6.07, 6.45) is 7.33. The van der Waals surface area contributed by atoms with Gasteiger partial charge >= 0.3 is 5.97 Å². The topological polar surface area (TPSA) is 57.5 Å². The third kappa shape index (κ3) is 1.10. The molecule has 3 aliphatic rings. The van der Waals surface area contributed by atoms with Crippen LogP contribution in [0.3, 0.4) is 0 Å². The molecule has 16 heavy (non-hydrogen) atoms. The first-order chi connectivity index (χ1) is 7.58. The van der Waals surface area contributed by atoms with E-state index < -0.39 is 17.0 Å². The van der Waals surface area contributed by atoms with Gasteiger partial charge in [-0.05, 0) is 50.4 Å². The molecular formula is C13H20O3. The van der Waals surface area contributed by atoms with E-state index in [4.69, 9.17) is 0 Å². The third-order valence-corrected chi connectivity index (χ3v) is 5.51. The number of aliphatic carboxylic acids is 1. The molecule has 2 N–H and O–H groups in total. The van der Waals surface area contributed by atoms with E-state index >= 15 is 0 Å². The third-order valence-electron chi connectivity index (χ3n) is 5.51. The van der Waals surface area contributed by atoms with E-state index in [1.807, 2.05) is 0 Å². The number of fused-ring (bicyclic) bond motifs is 2. The van der Waals surface area contributed by atoms with Crippen LogP contribution in [0.15, 0.2) is 0 Å². The summed E-state index contributed by atoms with van der Waals surface area (Å²) in [6, 6.07) is 0. The second-order valence-corrected chi connectivity index (χ2v) is 6.10. The first-order valence-corrected chi connectivity index (χ1v) is 6.54. The lowest BCUT2D eigenvalue weighted by Gasteiger charge is -2.45. The van der Waals surface area contributed by atoms with Crippen molar-refractivity contribution in [2.45, 2.75) is 57.0 Å². The van der Waals surface area contributed by atoms with Gasteiger partial charge in [-0.25, -0.2) is 0 Å². The molecule has 0 aliphatic heterocycles. The number of rotatable bonds is 2. The molecule has 2 bridgehead atoms. The molecule has 90 valence electrons. The van der Waals surface area contributed by atoms with Crippen LogP contribution < -0.4 is 0 Å². The lowest BCUT2D eigenvalue weighted by atomic mass is 9.63. The summed E-state index contributed by atoms with van der Waals surface area (Å²) in [5.41, 5.74) is -1.70. The highest BCUT2D eigenvalue weighted by molar-refractivity contribution is 5.77. The quantitative estimate of drug-likeness (QED) is 0.756. The summed E-state index contributed by atoms with van der Waals surface area (Å²) in [7, 11) is 0. The molecule has 3 fully saturated rings. The van der Waals surface area contributed by atoms with E-state index in [9.17, 15) is 15.0 Å². The van der Waals surface area contributed by atoms with Crippen molar-refractivity contribution in [1.82, 2.24) is 0 Å². The molecular weight excluding hydrogens is 204 g/mol. The van der Waals surface area contributed by atoms with Crippen molar-refractivity contribution in [3.63, 3.8) is 0 Å². The summed E-state index contributed by atoms with van der Waals surface area (Å²) < 4.78 is 0. The summed E-state index contributed by atoms with van der Waals surface area (Å²) in [5.74, 6) is 0.0959. The maximum atomic E-state index is 11.6.